The molecule has 4 saturated carbocycles. The molecule has 0 aromatic rings. The SMILES string of the molecule is CC.CC.CC.CC.CC1=C[C@@H](C)CC(C2=CC=CC3C2CC(CC2CCCCC2)C3CC2C(CC3CCCCC3)CC3C(C4=CC(C)=C[C@H](C)C4)=CC=CC32)=C1.[CH3-].[CH3-].[Cl][Zr+2][Cl]. The van der Waals surface area contributed by atoms with Crippen LogP contribution in [-0.2, 0) is 20.8 Å². The first-order valence-corrected chi connectivity index (χ1v) is 32.2. The molecule has 0 radical (unpaired) electrons. The maximum absolute atomic E-state index is 4.93. The van der Waals surface area contributed by atoms with Gasteiger partial charge in [0.1, 0.15) is 0 Å². The fraction of sp³-hybridized carbons (Fsp3) is 0.695. The molecule has 0 amide bonds. The van der Waals surface area contributed by atoms with Crippen LogP contribution < -0.4 is 0 Å². The Balaban J connectivity index is 0.00000137. The average Bonchev–Trinajstić information content (AvgIpc) is 3.80. The topological polar surface area (TPSA) is 0 Å². The maximum atomic E-state index is 4.93. The third kappa shape index (κ3) is 16.3. The van der Waals surface area contributed by atoms with Gasteiger partial charge in [-0.3, -0.25) is 0 Å². The Hall–Kier alpha value is -0.617. The van der Waals surface area contributed by atoms with Crippen molar-refractivity contribution < 1.29 is 20.8 Å². The number of allylic oxidation sites excluding steroid dienone is 16. The normalized spacial score (nSPS) is 32.0. The minimum absolute atomic E-state index is 0. The quantitative estimate of drug-likeness (QED) is 0.213. The molecule has 0 heterocycles. The molecule has 8 rings (SSSR count). The Kier molecular flexibility index (Phi) is 30.8. The van der Waals surface area contributed by atoms with E-state index in [9.17, 15) is 0 Å². The summed E-state index contributed by atoms with van der Waals surface area (Å²) in [5.41, 5.74) is 9.77. The number of hydrogen-bond donors (Lipinski definition) is 0. The molecule has 0 N–H and O–H groups in total. The van der Waals surface area contributed by atoms with E-state index in [0.717, 1.165) is 59.2 Å². The van der Waals surface area contributed by atoms with Gasteiger partial charge < -0.3 is 14.9 Å². The van der Waals surface area contributed by atoms with Crippen LogP contribution >= 0.6 is 17.0 Å². The zero-order valence-corrected chi connectivity index (χ0v) is 46.9. The molecule has 0 spiro atoms. The fourth-order valence-corrected chi connectivity index (χ4v) is 13.4. The van der Waals surface area contributed by atoms with Crippen LogP contribution in [0.5, 0.6) is 0 Å². The van der Waals surface area contributed by atoms with E-state index in [1.165, 1.54) is 120 Å². The van der Waals surface area contributed by atoms with Crippen LogP contribution in [0.15, 0.2) is 94.2 Å². The first-order valence-electron chi connectivity index (χ1n) is 25.8. The van der Waals surface area contributed by atoms with Gasteiger partial charge in [-0.2, -0.15) is 0 Å². The molecule has 0 aliphatic heterocycles. The van der Waals surface area contributed by atoms with E-state index in [0.29, 0.717) is 11.8 Å². The van der Waals surface area contributed by atoms with E-state index < -0.39 is 20.8 Å². The van der Waals surface area contributed by atoms with Crippen LogP contribution in [-0.4, -0.2) is 0 Å². The number of halogens is 2. The van der Waals surface area contributed by atoms with Crippen molar-refractivity contribution in [3.63, 3.8) is 0 Å². The Morgan fingerprint density at radius 2 is 0.871 bits per heavy atom. The van der Waals surface area contributed by atoms with E-state index in [4.69, 9.17) is 17.0 Å². The van der Waals surface area contributed by atoms with Crippen molar-refractivity contribution in [3.05, 3.63) is 109 Å². The summed E-state index contributed by atoms with van der Waals surface area (Å²) in [5.74, 6) is 9.74. The molecule has 0 aromatic carbocycles. The summed E-state index contributed by atoms with van der Waals surface area (Å²) in [6.07, 6.45) is 50.5. The Morgan fingerprint density at radius 1 is 0.532 bits per heavy atom. The molecule has 0 nitrogen and oxygen atoms in total. The van der Waals surface area contributed by atoms with Gasteiger partial charge in [-0.25, -0.2) is 0 Å². The molecule has 0 aromatic heterocycles. The standard InChI is InChI=1S/C49H68.4C2H6.2CH3.2ClH.Zr/c1-32-21-33(2)24-38(23-32)42-17-11-19-44-46(40(29-48(42)44)27-36-13-7-5-8-14-36)31-47-41(28-37-15-9-6-10-16-37)30-49-43(18-12-20-45(47)49)39-25-34(3)22-35(4)26-39;4*1-2;;;;;/h11-12,17-23,25,33,35-37,40-41,44-49H,5-10,13-16,24,26-31H2,1-4H3;4*1-2H3;2*1H3;2*1H;/q;;;;;2*-1;;;+4/p-2/t33-,35+,40?,41?,44?,45?,46?,47?,48?,49?;;;;;;;;;. The van der Waals surface area contributed by atoms with E-state index in [2.05, 4.69) is 88.5 Å². The Morgan fingerprint density at radius 3 is 1.19 bits per heavy atom. The second kappa shape index (κ2) is 32.1. The second-order valence-electron chi connectivity index (χ2n) is 19.0. The summed E-state index contributed by atoms with van der Waals surface area (Å²) < 4.78 is 0. The Bertz CT molecular complexity index is 1380. The molecular weight excluding hydrogens is 871 g/mol. The molecule has 8 unspecified atom stereocenters. The first-order chi connectivity index (χ1) is 29.3. The van der Waals surface area contributed by atoms with Crippen molar-refractivity contribution in [1.29, 1.82) is 0 Å². The van der Waals surface area contributed by atoms with Crippen molar-refractivity contribution in [2.75, 3.05) is 0 Å². The minimum atomic E-state index is -0.826. The van der Waals surface area contributed by atoms with Crippen molar-refractivity contribution in [3.8, 4) is 0 Å². The molecule has 4 fully saturated rings. The van der Waals surface area contributed by atoms with Crippen LogP contribution in [0.3, 0.4) is 0 Å². The molecule has 8 aliphatic carbocycles. The van der Waals surface area contributed by atoms with Gasteiger partial charge in [0.25, 0.3) is 0 Å². The summed E-state index contributed by atoms with van der Waals surface area (Å²) in [5, 5.41) is 0. The monoisotopic (exact) mass is 967 g/mol. The predicted octanol–water partition coefficient (Wildman–Crippen LogP) is 20.3. The molecule has 352 valence electrons. The molecule has 3 heteroatoms. The third-order valence-electron chi connectivity index (χ3n) is 15.2. The van der Waals surface area contributed by atoms with Gasteiger partial charge in [0.2, 0.25) is 0 Å². The van der Waals surface area contributed by atoms with Crippen molar-refractivity contribution >= 4 is 17.0 Å². The first kappa shape index (κ1) is 59.4. The van der Waals surface area contributed by atoms with Gasteiger partial charge in [0, 0.05) is 0 Å². The zero-order chi connectivity index (χ0) is 44.2. The molecule has 10 atom stereocenters. The van der Waals surface area contributed by atoms with Crippen LogP contribution in [0.4, 0.5) is 0 Å². The van der Waals surface area contributed by atoms with Crippen molar-refractivity contribution in [2.24, 2.45) is 71.0 Å². The van der Waals surface area contributed by atoms with Crippen molar-refractivity contribution in [1.82, 2.24) is 0 Å². The van der Waals surface area contributed by atoms with Crippen LogP contribution in [0.25, 0.3) is 0 Å². The molecule has 0 saturated heterocycles. The number of rotatable bonds is 8. The van der Waals surface area contributed by atoms with Crippen LogP contribution in [0.1, 0.15) is 192 Å². The van der Waals surface area contributed by atoms with Gasteiger partial charge >= 0.3 is 37.9 Å². The Labute approximate surface area is 407 Å². The van der Waals surface area contributed by atoms with Crippen LogP contribution in [0.2, 0.25) is 0 Å². The average molecular weight is 970 g/mol. The summed E-state index contributed by atoms with van der Waals surface area (Å²) >= 11 is -0.826. The van der Waals surface area contributed by atoms with E-state index in [-0.39, 0.29) is 14.9 Å². The fourth-order valence-electron chi connectivity index (χ4n) is 13.4. The summed E-state index contributed by atoms with van der Waals surface area (Å²) in [4.78, 5) is 0. The zero-order valence-electron chi connectivity index (χ0n) is 43.0. The summed E-state index contributed by atoms with van der Waals surface area (Å²) in [6.45, 7) is 25.5. The number of hydrogen-bond acceptors (Lipinski definition) is 0. The van der Waals surface area contributed by atoms with Gasteiger partial charge in [0.15, 0.2) is 0 Å². The van der Waals surface area contributed by atoms with E-state index in [1.54, 1.807) is 22.3 Å². The predicted molar refractivity (Wildman–Crippen MR) is 280 cm³/mol. The second-order valence-corrected chi connectivity index (χ2v) is 22.7. The molecule has 62 heavy (non-hydrogen) atoms. The summed E-state index contributed by atoms with van der Waals surface area (Å²) in [7, 11) is 9.87. The molecular formula is C59H98Cl2Zr. The van der Waals surface area contributed by atoms with Gasteiger partial charge in [0.05, 0.1) is 0 Å². The van der Waals surface area contributed by atoms with E-state index >= 15 is 0 Å². The van der Waals surface area contributed by atoms with Crippen molar-refractivity contribution in [2.45, 2.75) is 192 Å². The third-order valence-corrected chi connectivity index (χ3v) is 15.2. The molecule has 0 bridgehead atoms. The van der Waals surface area contributed by atoms with Gasteiger partial charge in [-0.05, 0) is 152 Å². The van der Waals surface area contributed by atoms with Gasteiger partial charge in [-0.15, -0.1) is 0 Å². The van der Waals surface area contributed by atoms with Gasteiger partial charge in [-0.1, -0.05) is 205 Å². The van der Waals surface area contributed by atoms with E-state index in [1.807, 2.05) is 55.4 Å². The number of fused-ring (bicyclic) bond motifs is 2. The molecule has 8 aliphatic rings. The summed E-state index contributed by atoms with van der Waals surface area (Å²) in [6, 6.07) is 0. The van der Waals surface area contributed by atoms with Crippen LogP contribution in [0, 0.1) is 85.9 Å².